The maximum absolute atomic E-state index is 12.3. The van der Waals surface area contributed by atoms with Gasteiger partial charge in [0.25, 0.3) is 5.22 Å². The molecule has 2 heterocycles. The van der Waals surface area contributed by atoms with E-state index in [0.717, 1.165) is 10.0 Å². The van der Waals surface area contributed by atoms with E-state index in [-0.39, 0.29) is 23.9 Å². The molecule has 0 saturated carbocycles. The molecular formula is C16H18BrN3O3S. The molecule has 1 aliphatic rings. The van der Waals surface area contributed by atoms with E-state index in [1.807, 2.05) is 43.0 Å². The molecule has 6 nitrogen and oxygen atoms in total. The first-order chi connectivity index (χ1) is 11.5. The minimum absolute atomic E-state index is 0.0580. The van der Waals surface area contributed by atoms with Gasteiger partial charge in [0.2, 0.25) is 11.8 Å². The molecule has 3 rings (SSSR count). The van der Waals surface area contributed by atoms with E-state index in [1.165, 1.54) is 11.8 Å². The number of thioether (sulfide) groups is 1. The quantitative estimate of drug-likeness (QED) is 0.719. The Kier molecular flexibility index (Phi) is 5.57. The number of benzene rings is 1. The van der Waals surface area contributed by atoms with Gasteiger partial charge < -0.3 is 14.1 Å². The monoisotopic (exact) mass is 411 g/mol. The summed E-state index contributed by atoms with van der Waals surface area (Å²) in [4.78, 5) is 14.2. The molecule has 2 atom stereocenters. The predicted octanol–water partition coefficient (Wildman–Crippen LogP) is 3.23. The summed E-state index contributed by atoms with van der Waals surface area (Å²) in [5.41, 5.74) is 0.832. The van der Waals surface area contributed by atoms with Gasteiger partial charge in [0.15, 0.2) is 0 Å². The van der Waals surface area contributed by atoms with Crippen LogP contribution in [0.4, 0.5) is 0 Å². The predicted molar refractivity (Wildman–Crippen MR) is 94.7 cm³/mol. The molecule has 1 aromatic heterocycles. The maximum Gasteiger partial charge on any atom is 0.277 e. The fraction of sp³-hybridized carbons (Fsp3) is 0.438. The Bertz CT molecular complexity index is 714. The van der Waals surface area contributed by atoms with Gasteiger partial charge in [-0.25, -0.2) is 0 Å². The number of carbonyl (C=O) groups excluding carboxylic acids is 1. The normalized spacial score (nSPS) is 21.0. The van der Waals surface area contributed by atoms with Crippen LogP contribution in [0, 0.1) is 0 Å². The second-order valence-corrected chi connectivity index (χ2v) is 7.48. The van der Waals surface area contributed by atoms with Gasteiger partial charge in [-0.1, -0.05) is 23.9 Å². The molecule has 0 aliphatic carbocycles. The van der Waals surface area contributed by atoms with Gasteiger partial charge in [0.05, 0.1) is 23.5 Å². The molecular weight excluding hydrogens is 394 g/mol. The van der Waals surface area contributed by atoms with Gasteiger partial charge >= 0.3 is 0 Å². The largest absolute Gasteiger partial charge is 0.411 e. The van der Waals surface area contributed by atoms with E-state index in [1.54, 1.807) is 0 Å². The van der Waals surface area contributed by atoms with Gasteiger partial charge in [-0.15, -0.1) is 10.2 Å². The number of amides is 1. The van der Waals surface area contributed by atoms with Crippen LogP contribution in [0.15, 0.2) is 38.4 Å². The lowest BCUT2D eigenvalue weighted by Gasteiger charge is -2.35. The van der Waals surface area contributed by atoms with Crippen LogP contribution in [0.2, 0.25) is 0 Å². The Morgan fingerprint density at radius 3 is 2.71 bits per heavy atom. The average molecular weight is 412 g/mol. The van der Waals surface area contributed by atoms with Crippen molar-refractivity contribution < 1.29 is 13.9 Å². The highest BCUT2D eigenvalue weighted by molar-refractivity contribution is 9.10. The Morgan fingerprint density at radius 2 is 2.00 bits per heavy atom. The molecule has 1 amide bonds. The third-order valence-electron chi connectivity index (χ3n) is 3.60. The van der Waals surface area contributed by atoms with Crippen molar-refractivity contribution in [2.24, 2.45) is 0 Å². The number of morpholine rings is 1. The van der Waals surface area contributed by atoms with Crippen molar-refractivity contribution in [3.05, 3.63) is 28.7 Å². The smallest absolute Gasteiger partial charge is 0.277 e. The number of hydrogen-bond donors (Lipinski definition) is 0. The lowest BCUT2D eigenvalue weighted by molar-refractivity contribution is -0.140. The van der Waals surface area contributed by atoms with Crippen LogP contribution < -0.4 is 0 Å². The van der Waals surface area contributed by atoms with E-state index < -0.39 is 0 Å². The molecule has 1 aromatic carbocycles. The van der Waals surface area contributed by atoms with Gasteiger partial charge in [0.1, 0.15) is 0 Å². The number of carbonyl (C=O) groups is 1. The van der Waals surface area contributed by atoms with Crippen molar-refractivity contribution in [3.63, 3.8) is 0 Å². The molecule has 0 unspecified atom stereocenters. The van der Waals surface area contributed by atoms with Crippen molar-refractivity contribution in [3.8, 4) is 11.5 Å². The zero-order chi connectivity index (χ0) is 17.1. The fourth-order valence-electron chi connectivity index (χ4n) is 2.61. The van der Waals surface area contributed by atoms with Crippen molar-refractivity contribution in [2.45, 2.75) is 31.3 Å². The molecule has 1 aliphatic heterocycles. The molecule has 8 heteroatoms. The maximum atomic E-state index is 12.3. The summed E-state index contributed by atoms with van der Waals surface area (Å²) in [7, 11) is 0. The lowest BCUT2D eigenvalue weighted by atomic mass is 10.2. The number of nitrogens with zero attached hydrogens (tertiary/aromatic N) is 3. The van der Waals surface area contributed by atoms with Crippen molar-refractivity contribution in [1.29, 1.82) is 0 Å². The first-order valence-electron chi connectivity index (χ1n) is 7.67. The topological polar surface area (TPSA) is 68.5 Å². The molecule has 24 heavy (non-hydrogen) atoms. The first kappa shape index (κ1) is 17.4. The number of halogens is 1. The van der Waals surface area contributed by atoms with Crippen molar-refractivity contribution >= 4 is 33.6 Å². The molecule has 0 radical (unpaired) electrons. The lowest BCUT2D eigenvalue weighted by Crippen LogP contribution is -2.48. The Labute approximate surface area is 153 Å². The van der Waals surface area contributed by atoms with Crippen LogP contribution in [-0.4, -0.2) is 52.1 Å². The molecule has 0 N–H and O–H groups in total. The van der Waals surface area contributed by atoms with Gasteiger partial charge in [0, 0.05) is 17.6 Å². The van der Waals surface area contributed by atoms with Crippen LogP contribution in [0.5, 0.6) is 0 Å². The van der Waals surface area contributed by atoms with Gasteiger partial charge in [-0.05, 0) is 41.9 Å². The Hall–Kier alpha value is -1.38. The molecule has 0 bridgehead atoms. The highest BCUT2D eigenvalue weighted by atomic mass is 79.9. The van der Waals surface area contributed by atoms with E-state index in [9.17, 15) is 4.79 Å². The van der Waals surface area contributed by atoms with Crippen LogP contribution in [0.25, 0.3) is 11.5 Å². The minimum atomic E-state index is 0.0580. The SMILES string of the molecule is C[C@H]1CN(C(=O)CSc2nnc(-c3ccccc3Br)o2)C[C@H](C)O1. The van der Waals surface area contributed by atoms with Crippen LogP contribution in [0.3, 0.4) is 0 Å². The Balaban J connectivity index is 1.59. The molecule has 1 saturated heterocycles. The number of aromatic nitrogens is 2. The van der Waals surface area contributed by atoms with Crippen LogP contribution >= 0.6 is 27.7 Å². The zero-order valence-corrected chi connectivity index (χ0v) is 15.8. The highest BCUT2D eigenvalue weighted by Crippen LogP contribution is 2.29. The van der Waals surface area contributed by atoms with Crippen LogP contribution in [0.1, 0.15) is 13.8 Å². The molecule has 2 aromatic rings. The summed E-state index contributed by atoms with van der Waals surface area (Å²) < 4.78 is 12.2. The summed E-state index contributed by atoms with van der Waals surface area (Å²) in [5, 5.41) is 8.45. The summed E-state index contributed by atoms with van der Waals surface area (Å²) in [5.74, 6) is 0.769. The highest BCUT2D eigenvalue weighted by Gasteiger charge is 2.26. The van der Waals surface area contributed by atoms with E-state index in [0.29, 0.717) is 24.2 Å². The summed E-state index contributed by atoms with van der Waals surface area (Å²) in [6.07, 6.45) is 0.126. The Morgan fingerprint density at radius 1 is 1.29 bits per heavy atom. The molecule has 1 fully saturated rings. The number of ether oxygens (including phenoxy) is 1. The van der Waals surface area contributed by atoms with Crippen molar-refractivity contribution in [2.75, 3.05) is 18.8 Å². The summed E-state index contributed by atoms with van der Waals surface area (Å²) >= 11 is 4.72. The van der Waals surface area contributed by atoms with Crippen LogP contribution in [-0.2, 0) is 9.53 Å². The van der Waals surface area contributed by atoms with E-state index >= 15 is 0 Å². The number of rotatable bonds is 4. The van der Waals surface area contributed by atoms with Gasteiger partial charge in [-0.3, -0.25) is 4.79 Å². The average Bonchev–Trinajstić information content (AvgIpc) is 3.01. The fourth-order valence-corrected chi connectivity index (χ4v) is 3.73. The summed E-state index contributed by atoms with van der Waals surface area (Å²) in [6.45, 7) is 5.20. The second-order valence-electron chi connectivity index (χ2n) is 5.70. The minimum Gasteiger partial charge on any atom is -0.411 e. The van der Waals surface area contributed by atoms with E-state index in [4.69, 9.17) is 9.15 Å². The first-order valence-corrected chi connectivity index (χ1v) is 9.45. The molecule has 128 valence electrons. The van der Waals surface area contributed by atoms with Crippen molar-refractivity contribution in [1.82, 2.24) is 15.1 Å². The standard InChI is InChI=1S/C16H18BrN3O3S/c1-10-7-20(8-11(2)22-10)14(21)9-24-16-19-18-15(23-16)12-5-3-4-6-13(12)17/h3-6,10-11H,7-9H2,1-2H3/t10-,11-/m0/s1. The third kappa shape index (κ3) is 4.17. The second kappa shape index (κ2) is 7.67. The zero-order valence-electron chi connectivity index (χ0n) is 13.4. The molecule has 0 spiro atoms. The summed E-state index contributed by atoms with van der Waals surface area (Å²) in [6, 6.07) is 7.63. The van der Waals surface area contributed by atoms with E-state index in [2.05, 4.69) is 26.1 Å². The number of hydrogen-bond acceptors (Lipinski definition) is 6. The van der Waals surface area contributed by atoms with Gasteiger partial charge in [-0.2, -0.15) is 0 Å². The third-order valence-corrected chi connectivity index (χ3v) is 5.10.